The first kappa shape index (κ1) is 20.6. The first-order valence-corrected chi connectivity index (χ1v) is 6.34. The van der Waals surface area contributed by atoms with Gasteiger partial charge in [-0.1, -0.05) is 49.5 Å². The summed E-state index contributed by atoms with van der Waals surface area (Å²) in [5.74, 6) is 0. The van der Waals surface area contributed by atoms with Crippen LogP contribution in [0.1, 0.15) is 41.5 Å². The van der Waals surface area contributed by atoms with E-state index in [2.05, 4.69) is 48.2 Å². The summed E-state index contributed by atoms with van der Waals surface area (Å²) >= 11 is 0. The summed E-state index contributed by atoms with van der Waals surface area (Å²) in [7, 11) is -3.53. The Morgan fingerprint density at radius 3 is 0.933 bits per heavy atom. The Balaban J connectivity index is -0.000000249. The third-order valence-corrected chi connectivity index (χ3v) is 6.04. The Morgan fingerprint density at radius 1 is 0.800 bits per heavy atom. The molecular weight excluding hydrogens is 226 g/mol. The lowest BCUT2D eigenvalue weighted by molar-refractivity contribution is 0.535. The van der Waals surface area contributed by atoms with E-state index in [1.54, 1.807) is 0 Å². The molecule has 0 radical (unpaired) electrons. The summed E-state index contributed by atoms with van der Waals surface area (Å²) in [5, 5.41) is 1.02. The lowest BCUT2D eigenvalue weighted by atomic mass is 10.2. The van der Waals surface area contributed by atoms with Crippen molar-refractivity contribution < 1.29 is 17.7 Å². The lowest BCUT2D eigenvalue weighted by Gasteiger charge is -2.38. The molecule has 0 N–H and O–H groups in total. The van der Waals surface area contributed by atoms with E-state index in [4.69, 9.17) is 0 Å². The average molecular weight is 248 g/mol. The highest BCUT2D eigenvalue weighted by atomic mass is 31.1. The van der Waals surface area contributed by atoms with Gasteiger partial charge in [-0.3, -0.25) is 17.7 Å². The minimum absolute atomic E-state index is 0. The second-order valence-electron chi connectivity index (χ2n) is 5.15. The molecule has 0 spiro atoms. The Hall–Kier alpha value is 0.215. The molecule has 0 rings (SSSR count). The van der Waals surface area contributed by atoms with Crippen molar-refractivity contribution in [2.45, 2.75) is 51.9 Å². The van der Waals surface area contributed by atoms with Gasteiger partial charge in [0.2, 0.25) is 0 Å². The largest absolute Gasteiger partial charge is 0.762 e. The Kier molecular flexibility index (Phi) is 10.3. The third-order valence-electron chi connectivity index (χ3n) is 2.01. The monoisotopic (exact) mass is 248 g/mol. The Morgan fingerprint density at radius 2 is 0.933 bits per heavy atom. The second-order valence-corrected chi connectivity index (χ2v) is 8.95. The van der Waals surface area contributed by atoms with Crippen LogP contribution in [0.25, 0.3) is 0 Å². The molecule has 0 aromatic rings. The van der Waals surface area contributed by atoms with Crippen LogP contribution in [-0.2, 0) is 0 Å². The summed E-state index contributed by atoms with van der Waals surface area (Å²) in [5.41, 5.74) is 0. The molecule has 0 bridgehead atoms. The Bertz CT molecular complexity index is 134. The van der Waals surface area contributed by atoms with Crippen molar-refractivity contribution >= 4 is 15.5 Å². The molecular formula is C9H22BF4P. The maximum Gasteiger partial charge on any atom is 0.762 e. The minimum atomic E-state index is -3.67. The van der Waals surface area contributed by atoms with Gasteiger partial charge in [-0.2, -0.15) is 0 Å². The van der Waals surface area contributed by atoms with Gasteiger partial charge in [-0.15, -0.1) is 0 Å². The van der Waals surface area contributed by atoms with Crippen molar-refractivity contribution in [3.8, 4) is 0 Å². The number of halogens is 4. The van der Waals surface area contributed by atoms with E-state index < -0.39 is 7.54 Å². The molecule has 0 unspecified atom stereocenters. The van der Waals surface area contributed by atoms with Gasteiger partial charge in [0.25, 0.3) is 0 Å². The summed E-state index contributed by atoms with van der Waals surface area (Å²) in [6.45, 7) is 16.4. The van der Waals surface area contributed by atoms with Crippen molar-refractivity contribution in [1.29, 1.82) is 0 Å². The highest BCUT2D eigenvalue weighted by molar-refractivity contribution is 7.60. The SMILES string of the molecule is CP(C(C)(C)C)C(C)(C)C.F.FB(F)F. The van der Waals surface area contributed by atoms with Gasteiger partial charge < -0.3 is 0 Å². The summed E-state index contributed by atoms with van der Waals surface area (Å²) in [6, 6.07) is 0. The predicted octanol–water partition coefficient (Wildman–Crippen LogP) is 4.73. The van der Waals surface area contributed by atoms with Gasteiger partial charge in [-0.25, -0.2) is 0 Å². The maximum atomic E-state index is 9.67. The first-order valence-electron chi connectivity index (χ1n) is 4.55. The first-order chi connectivity index (χ1) is 5.89. The highest BCUT2D eigenvalue weighted by Crippen LogP contribution is 2.55. The fraction of sp³-hybridized carbons (Fsp3) is 1.00. The van der Waals surface area contributed by atoms with Gasteiger partial charge in [0.15, 0.2) is 0 Å². The van der Waals surface area contributed by atoms with Crippen LogP contribution in [0.5, 0.6) is 0 Å². The normalized spacial score (nSPS) is 11.4. The van der Waals surface area contributed by atoms with Gasteiger partial charge in [0, 0.05) is 0 Å². The van der Waals surface area contributed by atoms with Crippen LogP contribution in [0.2, 0.25) is 0 Å². The quantitative estimate of drug-likeness (QED) is 0.330. The maximum absolute atomic E-state index is 9.67. The van der Waals surface area contributed by atoms with Crippen LogP contribution in [0, 0.1) is 0 Å². The van der Waals surface area contributed by atoms with Gasteiger partial charge in [0.05, 0.1) is 0 Å². The minimum Gasteiger partial charge on any atom is -0.269 e. The van der Waals surface area contributed by atoms with E-state index in [0.29, 0.717) is 10.3 Å². The number of hydrogen-bond donors (Lipinski definition) is 0. The van der Waals surface area contributed by atoms with Crippen molar-refractivity contribution in [1.82, 2.24) is 0 Å². The van der Waals surface area contributed by atoms with Gasteiger partial charge in [0.1, 0.15) is 0 Å². The molecule has 0 aliphatic carbocycles. The molecule has 15 heavy (non-hydrogen) atoms. The zero-order valence-corrected chi connectivity index (χ0v) is 11.5. The van der Waals surface area contributed by atoms with Crippen LogP contribution < -0.4 is 0 Å². The fourth-order valence-corrected chi connectivity index (χ4v) is 3.02. The third kappa shape index (κ3) is 14.2. The van der Waals surface area contributed by atoms with E-state index >= 15 is 0 Å². The topological polar surface area (TPSA) is 0 Å². The van der Waals surface area contributed by atoms with Crippen LogP contribution in [0.15, 0.2) is 0 Å². The molecule has 0 saturated carbocycles. The summed E-state index contributed by atoms with van der Waals surface area (Å²) in [4.78, 5) is 0. The zero-order chi connectivity index (χ0) is 12.2. The molecule has 0 aliphatic rings. The van der Waals surface area contributed by atoms with Crippen molar-refractivity contribution in [3.63, 3.8) is 0 Å². The van der Waals surface area contributed by atoms with Crippen molar-refractivity contribution in [3.05, 3.63) is 0 Å². The summed E-state index contributed by atoms with van der Waals surface area (Å²) in [6.07, 6.45) is 0. The van der Waals surface area contributed by atoms with E-state index in [0.717, 1.165) is 0 Å². The molecule has 6 heteroatoms. The van der Waals surface area contributed by atoms with Crippen LogP contribution in [0.4, 0.5) is 17.7 Å². The molecule has 0 amide bonds. The molecule has 0 aromatic carbocycles. The molecule has 0 fully saturated rings. The molecule has 94 valence electrons. The highest BCUT2D eigenvalue weighted by Gasteiger charge is 2.29. The van der Waals surface area contributed by atoms with Crippen LogP contribution in [0.3, 0.4) is 0 Å². The smallest absolute Gasteiger partial charge is 0.269 e. The second kappa shape index (κ2) is 7.48. The van der Waals surface area contributed by atoms with Crippen LogP contribution in [-0.4, -0.2) is 24.5 Å². The number of hydrogen-bond acceptors (Lipinski definition) is 0. The van der Waals surface area contributed by atoms with Gasteiger partial charge >= 0.3 is 7.54 Å². The Labute approximate surface area is 92.4 Å². The predicted molar refractivity (Wildman–Crippen MR) is 63.9 cm³/mol. The summed E-state index contributed by atoms with van der Waals surface area (Å²) < 4.78 is 29.0. The molecule has 0 nitrogen and oxygen atoms in total. The van der Waals surface area contributed by atoms with E-state index in [1.165, 1.54) is 0 Å². The van der Waals surface area contributed by atoms with E-state index in [9.17, 15) is 12.9 Å². The lowest BCUT2D eigenvalue weighted by Crippen LogP contribution is -2.23. The van der Waals surface area contributed by atoms with E-state index in [-0.39, 0.29) is 12.6 Å². The molecule has 0 aliphatic heterocycles. The van der Waals surface area contributed by atoms with Crippen molar-refractivity contribution in [2.24, 2.45) is 0 Å². The average Bonchev–Trinajstić information content (AvgIpc) is 1.80. The number of rotatable bonds is 0. The van der Waals surface area contributed by atoms with E-state index in [1.807, 2.05) is 0 Å². The zero-order valence-electron chi connectivity index (χ0n) is 10.6. The molecule has 0 atom stereocenters. The molecule has 0 saturated heterocycles. The molecule has 0 aromatic heterocycles. The fourth-order valence-electron chi connectivity index (χ4n) is 1.01. The molecule has 0 heterocycles. The standard InChI is InChI=1S/C9H21P.BF3.FH/c1-8(2,3)10(7)9(4,5)6;2-1(3)4;/h1-7H3;;1H. The van der Waals surface area contributed by atoms with Gasteiger partial charge in [-0.05, 0) is 17.0 Å². The van der Waals surface area contributed by atoms with Crippen molar-refractivity contribution in [2.75, 3.05) is 6.66 Å². The van der Waals surface area contributed by atoms with Crippen LogP contribution >= 0.6 is 7.92 Å².